The molecule has 1 N–H and O–H groups in total. The van der Waals surface area contributed by atoms with E-state index >= 15 is 0 Å². The highest BCUT2D eigenvalue weighted by atomic mass is 32.1. The molecular formula is C10H9NOS. The van der Waals surface area contributed by atoms with E-state index in [1.165, 1.54) is 17.8 Å². The molecule has 0 spiro atoms. The van der Waals surface area contributed by atoms with E-state index in [0.717, 1.165) is 10.2 Å². The van der Waals surface area contributed by atoms with Gasteiger partial charge in [-0.25, -0.2) is 4.98 Å². The van der Waals surface area contributed by atoms with Crippen molar-refractivity contribution >= 4 is 21.6 Å². The summed E-state index contributed by atoms with van der Waals surface area (Å²) in [6.45, 7) is 0. The third-order valence-electron chi connectivity index (χ3n) is 2.32. The van der Waals surface area contributed by atoms with Crippen molar-refractivity contribution in [1.82, 2.24) is 4.98 Å². The van der Waals surface area contributed by atoms with Crippen LogP contribution in [-0.2, 0) is 0 Å². The molecule has 66 valence electrons. The summed E-state index contributed by atoms with van der Waals surface area (Å²) < 4.78 is 1.10. The van der Waals surface area contributed by atoms with Crippen LogP contribution in [0.1, 0.15) is 23.8 Å². The number of nitrogens with zero attached hydrogens (tertiary/aromatic N) is 1. The molecular weight excluding hydrogens is 182 g/mol. The Morgan fingerprint density at radius 2 is 2.23 bits per heavy atom. The van der Waals surface area contributed by atoms with Crippen molar-refractivity contribution in [2.75, 3.05) is 0 Å². The number of aromatic nitrogens is 1. The van der Waals surface area contributed by atoms with Gasteiger partial charge in [0.2, 0.25) is 0 Å². The second-order valence-electron chi connectivity index (χ2n) is 3.48. The quantitative estimate of drug-likeness (QED) is 0.751. The molecule has 1 aliphatic carbocycles. The van der Waals surface area contributed by atoms with Crippen molar-refractivity contribution < 1.29 is 5.11 Å². The van der Waals surface area contributed by atoms with Crippen molar-refractivity contribution in [3.8, 4) is 5.75 Å². The van der Waals surface area contributed by atoms with Gasteiger partial charge in [-0.1, -0.05) is 0 Å². The molecule has 0 bridgehead atoms. The van der Waals surface area contributed by atoms with E-state index in [2.05, 4.69) is 4.98 Å². The standard InChI is InChI=1S/C10H9NOS/c12-7-3-4-8-9(5-7)13-10(11-8)6-1-2-6/h3-6,12H,1-2H2. The summed E-state index contributed by atoms with van der Waals surface area (Å²) in [5.41, 5.74) is 1.02. The first-order valence-electron chi connectivity index (χ1n) is 4.42. The predicted molar refractivity (Wildman–Crippen MR) is 53.3 cm³/mol. The van der Waals surface area contributed by atoms with Crippen LogP contribution >= 0.6 is 11.3 Å². The summed E-state index contributed by atoms with van der Waals surface area (Å²) in [6, 6.07) is 5.37. The van der Waals surface area contributed by atoms with Gasteiger partial charge >= 0.3 is 0 Å². The molecule has 3 heteroatoms. The summed E-state index contributed by atoms with van der Waals surface area (Å²) in [7, 11) is 0. The first-order chi connectivity index (χ1) is 6.33. The molecule has 0 aliphatic heterocycles. The third-order valence-corrected chi connectivity index (χ3v) is 3.50. The molecule has 0 amide bonds. The van der Waals surface area contributed by atoms with E-state index in [9.17, 15) is 5.11 Å². The zero-order chi connectivity index (χ0) is 8.84. The van der Waals surface area contributed by atoms with E-state index in [1.807, 2.05) is 6.07 Å². The molecule has 1 aromatic carbocycles. The van der Waals surface area contributed by atoms with Crippen molar-refractivity contribution in [1.29, 1.82) is 0 Å². The van der Waals surface area contributed by atoms with E-state index in [0.29, 0.717) is 11.7 Å². The van der Waals surface area contributed by atoms with Crippen molar-refractivity contribution in [3.63, 3.8) is 0 Å². The van der Waals surface area contributed by atoms with Crippen molar-refractivity contribution in [3.05, 3.63) is 23.2 Å². The average molecular weight is 191 g/mol. The van der Waals surface area contributed by atoms with Crippen LogP contribution in [0.15, 0.2) is 18.2 Å². The van der Waals surface area contributed by atoms with Gasteiger partial charge in [0.15, 0.2) is 0 Å². The Morgan fingerprint density at radius 1 is 1.38 bits per heavy atom. The molecule has 1 heterocycles. The summed E-state index contributed by atoms with van der Waals surface area (Å²) >= 11 is 1.71. The zero-order valence-electron chi connectivity index (χ0n) is 7.03. The van der Waals surface area contributed by atoms with E-state index in [-0.39, 0.29) is 0 Å². The summed E-state index contributed by atoms with van der Waals surface area (Å²) in [5, 5.41) is 10.5. The highest BCUT2D eigenvalue weighted by molar-refractivity contribution is 7.18. The van der Waals surface area contributed by atoms with E-state index < -0.39 is 0 Å². The maximum atomic E-state index is 9.27. The average Bonchev–Trinajstić information content (AvgIpc) is 2.87. The van der Waals surface area contributed by atoms with Crippen molar-refractivity contribution in [2.45, 2.75) is 18.8 Å². The highest BCUT2D eigenvalue weighted by Crippen LogP contribution is 2.43. The largest absolute Gasteiger partial charge is 0.508 e. The van der Waals surface area contributed by atoms with Gasteiger partial charge in [-0.3, -0.25) is 0 Å². The van der Waals surface area contributed by atoms with Gasteiger partial charge in [-0.15, -0.1) is 11.3 Å². The Bertz CT molecular complexity index is 459. The second-order valence-corrected chi connectivity index (χ2v) is 4.54. The minimum Gasteiger partial charge on any atom is -0.508 e. The second kappa shape index (κ2) is 2.45. The monoisotopic (exact) mass is 191 g/mol. The molecule has 0 unspecified atom stereocenters. The summed E-state index contributed by atoms with van der Waals surface area (Å²) in [6.07, 6.45) is 2.57. The number of hydrogen-bond acceptors (Lipinski definition) is 3. The number of phenols is 1. The van der Waals surface area contributed by atoms with Crippen LogP contribution in [0.3, 0.4) is 0 Å². The topological polar surface area (TPSA) is 33.1 Å². The smallest absolute Gasteiger partial charge is 0.117 e. The molecule has 0 atom stereocenters. The number of fused-ring (bicyclic) bond motifs is 1. The fourth-order valence-electron chi connectivity index (χ4n) is 1.44. The van der Waals surface area contributed by atoms with Crippen LogP contribution in [0.4, 0.5) is 0 Å². The molecule has 1 fully saturated rings. The van der Waals surface area contributed by atoms with Gasteiger partial charge in [0, 0.05) is 5.92 Å². The van der Waals surface area contributed by atoms with Gasteiger partial charge in [-0.05, 0) is 31.0 Å². The first kappa shape index (κ1) is 7.33. The minimum absolute atomic E-state index is 0.332. The summed E-state index contributed by atoms with van der Waals surface area (Å²) in [4.78, 5) is 4.52. The number of thiazole rings is 1. The lowest BCUT2D eigenvalue weighted by Gasteiger charge is -1.87. The molecule has 0 radical (unpaired) electrons. The van der Waals surface area contributed by atoms with Crippen LogP contribution in [-0.4, -0.2) is 10.1 Å². The Morgan fingerprint density at radius 3 is 3.00 bits per heavy atom. The minimum atomic E-state index is 0.332. The number of rotatable bonds is 1. The molecule has 1 aliphatic rings. The van der Waals surface area contributed by atoms with Crippen LogP contribution < -0.4 is 0 Å². The van der Waals surface area contributed by atoms with Crippen LogP contribution in [0.25, 0.3) is 10.2 Å². The number of benzene rings is 1. The van der Waals surface area contributed by atoms with Gasteiger partial charge in [0.05, 0.1) is 15.2 Å². The lowest BCUT2D eigenvalue weighted by molar-refractivity contribution is 0.476. The Balaban J connectivity index is 2.20. The maximum Gasteiger partial charge on any atom is 0.117 e. The molecule has 13 heavy (non-hydrogen) atoms. The fraction of sp³-hybridized carbons (Fsp3) is 0.300. The molecule has 1 aromatic heterocycles. The molecule has 2 aromatic rings. The van der Waals surface area contributed by atoms with Gasteiger partial charge in [-0.2, -0.15) is 0 Å². The third kappa shape index (κ3) is 1.20. The first-order valence-corrected chi connectivity index (χ1v) is 5.24. The molecule has 0 saturated heterocycles. The van der Waals surface area contributed by atoms with Crippen molar-refractivity contribution in [2.24, 2.45) is 0 Å². The Kier molecular flexibility index (Phi) is 1.38. The highest BCUT2D eigenvalue weighted by Gasteiger charge is 2.26. The van der Waals surface area contributed by atoms with Gasteiger partial charge in [0.25, 0.3) is 0 Å². The van der Waals surface area contributed by atoms with E-state index in [1.54, 1.807) is 23.5 Å². The maximum absolute atomic E-state index is 9.27. The zero-order valence-corrected chi connectivity index (χ0v) is 7.84. The van der Waals surface area contributed by atoms with E-state index in [4.69, 9.17) is 0 Å². The normalized spacial score (nSPS) is 16.6. The number of phenolic OH excluding ortho intramolecular Hbond substituents is 1. The van der Waals surface area contributed by atoms with Crippen LogP contribution in [0.5, 0.6) is 5.75 Å². The lowest BCUT2D eigenvalue weighted by atomic mass is 10.3. The lowest BCUT2D eigenvalue weighted by Crippen LogP contribution is -1.73. The summed E-state index contributed by atoms with van der Waals surface area (Å²) in [5.74, 6) is 1.04. The molecule has 2 nitrogen and oxygen atoms in total. The Hall–Kier alpha value is -1.09. The Labute approximate surface area is 79.9 Å². The van der Waals surface area contributed by atoms with Crippen LogP contribution in [0, 0.1) is 0 Å². The predicted octanol–water partition coefficient (Wildman–Crippen LogP) is 2.88. The number of aromatic hydroxyl groups is 1. The van der Waals surface area contributed by atoms with Gasteiger partial charge in [0.1, 0.15) is 5.75 Å². The molecule has 1 saturated carbocycles. The van der Waals surface area contributed by atoms with Gasteiger partial charge < -0.3 is 5.11 Å². The van der Waals surface area contributed by atoms with Crippen LogP contribution in [0.2, 0.25) is 0 Å². The number of hydrogen-bond donors (Lipinski definition) is 1. The fourth-order valence-corrected chi connectivity index (χ4v) is 2.61. The molecule has 3 rings (SSSR count). The SMILES string of the molecule is Oc1ccc2nc(C3CC3)sc2c1.